The van der Waals surface area contributed by atoms with E-state index in [1.54, 1.807) is 0 Å². The zero-order chi connectivity index (χ0) is 15.9. The van der Waals surface area contributed by atoms with E-state index < -0.39 is 0 Å². The summed E-state index contributed by atoms with van der Waals surface area (Å²) in [4.78, 5) is 17.1. The molecule has 0 radical (unpaired) electrons. The van der Waals surface area contributed by atoms with Crippen LogP contribution in [0, 0.1) is 5.41 Å². The van der Waals surface area contributed by atoms with Gasteiger partial charge < -0.3 is 0 Å². The lowest BCUT2D eigenvalue weighted by molar-refractivity contribution is -0.128. The fraction of sp³-hybridized carbons (Fsp3) is 0.722. The lowest BCUT2D eigenvalue weighted by Gasteiger charge is -2.36. The van der Waals surface area contributed by atoms with Crippen LogP contribution in [0.15, 0.2) is 23.8 Å². The van der Waals surface area contributed by atoms with E-state index in [2.05, 4.69) is 62.6 Å². The Morgan fingerprint density at radius 2 is 1.57 bits per heavy atom. The van der Waals surface area contributed by atoms with Crippen molar-refractivity contribution in [2.45, 2.75) is 41.0 Å². The SMILES string of the molecule is CC=CC(=CC)CN1CCN(CC(=O)C(C)(C)CC)CC1. The van der Waals surface area contributed by atoms with Crippen LogP contribution in [0.3, 0.4) is 0 Å². The van der Waals surface area contributed by atoms with Crippen molar-refractivity contribution in [1.82, 2.24) is 9.80 Å². The van der Waals surface area contributed by atoms with E-state index >= 15 is 0 Å². The monoisotopic (exact) mass is 292 g/mol. The first-order valence-electron chi connectivity index (χ1n) is 8.18. The molecule has 0 saturated carbocycles. The Bertz CT molecular complexity index is 388. The van der Waals surface area contributed by atoms with Crippen LogP contribution >= 0.6 is 0 Å². The summed E-state index contributed by atoms with van der Waals surface area (Å²) < 4.78 is 0. The number of ketones is 1. The van der Waals surface area contributed by atoms with Gasteiger partial charge in [-0.1, -0.05) is 39.0 Å². The van der Waals surface area contributed by atoms with Gasteiger partial charge in [0.1, 0.15) is 0 Å². The molecule has 0 aromatic carbocycles. The second kappa shape index (κ2) is 8.50. The van der Waals surface area contributed by atoms with Crippen molar-refractivity contribution < 1.29 is 4.79 Å². The van der Waals surface area contributed by atoms with E-state index in [1.165, 1.54) is 5.57 Å². The number of hydrogen-bond acceptors (Lipinski definition) is 3. The smallest absolute Gasteiger partial charge is 0.152 e. The third-order valence-corrected chi connectivity index (χ3v) is 4.63. The molecule has 3 nitrogen and oxygen atoms in total. The maximum absolute atomic E-state index is 12.3. The maximum atomic E-state index is 12.3. The van der Waals surface area contributed by atoms with Crippen LogP contribution in [0.2, 0.25) is 0 Å². The number of rotatable bonds is 7. The van der Waals surface area contributed by atoms with Crippen LogP contribution in [-0.2, 0) is 4.79 Å². The molecule has 1 rings (SSSR count). The Morgan fingerprint density at radius 1 is 1.05 bits per heavy atom. The highest BCUT2D eigenvalue weighted by Crippen LogP contribution is 2.21. The molecule has 1 saturated heterocycles. The molecule has 0 amide bonds. The number of carbonyl (C=O) groups is 1. The normalized spacial score (nSPS) is 19.4. The molecule has 0 aromatic heterocycles. The molecule has 0 N–H and O–H groups in total. The molecular weight excluding hydrogens is 260 g/mol. The maximum Gasteiger partial charge on any atom is 0.152 e. The number of Topliss-reactive ketones (excluding diaryl/α,β-unsaturated/α-hetero) is 1. The average Bonchev–Trinajstić information content (AvgIpc) is 2.48. The third kappa shape index (κ3) is 5.76. The van der Waals surface area contributed by atoms with Crippen molar-refractivity contribution in [2.75, 3.05) is 39.3 Å². The van der Waals surface area contributed by atoms with E-state index in [4.69, 9.17) is 0 Å². The van der Waals surface area contributed by atoms with Crippen LogP contribution < -0.4 is 0 Å². The minimum atomic E-state index is -0.179. The van der Waals surface area contributed by atoms with Crippen molar-refractivity contribution in [2.24, 2.45) is 5.41 Å². The van der Waals surface area contributed by atoms with Crippen LogP contribution in [0.1, 0.15) is 41.0 Å². The molecule has 1 aliphatic rings. The Kier molecular flexibility index (Phi) is 7.33. The summed E-state index contributed by atoms with van der Waals surface area (Å²) in [6.45, 7) is 16.1. The quantitative estimate of drug-likeness (QED) is 0.674. The van der Waals surface area contributed by atoms with Crippen molar-refractivity contribution >= 4 is 5.78 Å². The Balaban J connectivity index is 2.41. The zero-order valence-electron chi connectivity index (χ0n) is 14.5. The topological polar surface area (TPSA) is 23.6 Å². The van der Waals surface area contributed by atoms with E-state index in [1.807, 2.05) is 0 Å². The van der Waals surface area contributed by atoms with Gasteiger partial charge in [0.25, 0.3) is 0 Å². The first-order chi connectivity index (χ1) is 9.92. The van der Waals surface area contributed by atoms with Gasteiger partial charge in [-0.3, -0.25) is 14.6 Å². The highest BCUT2D eigenvalue weighted by molar-refractivity contribution is 5.85. The highest BCUT2D eigenvalue weighted by Gasteiger charge is 2.28. The van der Waals surface area contributed by atoms with E-state index in [-0.39, 0.29) is 5.41 Å². The summed E-state index contributed by atoms with van der Waals surface area (Å²) in [5.41, 5.74) is 1.19. The molecule has 21 heavy (non-hydrogen) atoms. The Morgan fingerprint density at radius 3 is 2.00 bits per heavy atom. The van der Waals surface area contributed by atoms with Gasteiger partial charge in [-0.25, -0.2) is 0 Å². The van der Waals surface area contributed by atoms with Crippen LogP contribution in [-0.4, -0.2) is 54.9 Å². The van der Waals surface area contributed by atoms with E-state index in [9.17, 15) is 4.79 Å². The number of carbonyl (C=O) groups excluding carboxylic acids is 1. The average molecular weight is 292 g/mol. The number of piperazine rings is 1. The highest BCUT2D eigenvalue weighted by atomic mass is 16.1. The molecular formula is C18H32N2O. The lowest BCUT2D eigenvalue weighted by Crippen LogP contribution is -2.49. The lowest BCUT2D eigenvalue weighted by atomic mass is 9.85. The molecule has 0 aromatic rings. The molecule has 0 atom stereocenters. The molecule has 1 fully saturated rings. The molecule has 1 heterocycles. The van der Waals surface area contributed by atoms with Gasteiger partial charge >= 0.3 is 0 Å². The van der Waals surface area contributed by atoms with Gasteiger partial charge in [-0.15, -0.1) is 0 Å². The number of hydrogen-bond donors (Lipinski definition) is 0. The Hall–Kier alpha value is -0.930. The largest absolute Gasteiger partial charge is 0.298 e. The fourth-order valence-electron chi connectivity index (χ4n) is 2.43. The predicted molar refractivity (Wildman–Crippen MR) is 90.5 cm³/mol. The second-order valence-electron chi connectivity index (χ2n) is 6.58. The third-order valence-electron chi connectivity index (χ3n) is 4.63. The van der Waals surface area contributed by atoms with Crippen molar-refractivity contribution in [3.63, 3.8) is 0 Å². The van der Waals surface area contributed by atoms with Gasteiger partial charge in [-0.05, 0) is 25.8 Å². The van der Waals surface area contributed by atoms with Gasteiger partial charge in [0.2, 0.25) is 0 Å². The summed E-state index contributed by atoms with van der Waals surface area (Å²) in [5, 5.41) is 0. The van der Waals surface area contributed by atoms with Gasteiger partial charge in [0.15, 0.2) is 5.78 Å². The van der Waals surface area contributed by atoms with Gasteiger partial charge in [0.05, 0.1) is 6.54 Å². The summed E-state index contributed by atoms with van der Waals surface area (Å²) in [5.74, 6) is 0.376. The standard InChI is InChI=1S/C18H32N2O/c1-6-9-16(7-2)14-19-10-12-20(13-11-19)15-17(21)18(4,5)8-3/h6-7,9H,8,10-15H2,1-5H3. The molecule has 0 unspecified atom stereocenters. The van der Waals surface area contributed by atoms with E-state index in [0.29, 0.717) is 12.3 Å². The number of allylic oxidation sites excluding steroid dienone is 2. The van der Waals surface area contributed by atoms with Gasteiger partial charge in [0, 0.05) is 38.1 Å². The first kappa shape index (κ1) is 18.1. The minimum Gasteiger partial charge on any atom is -0.298 e. The summed E-state index contributed by atoms with van der Waals surface area (Å²) in [7, 11) is 0. The molecule has 0 spiro atoms. The van der Waals surface area contributed by atoms with Crippen molar-refractivity contribution in [1.29, 1.82) is 0 Å². The fourth-order valence-corrected chi connectivity index (χ4v) is 2.43. The van der Waals surface area contributed by atoms with Crippen LogP contribution in [0.25, 0.3) is 0 Å². The predicted octanol–water partition coefficient (Wildman–Crippen LogP) is 3.13. The number of nitrogens with zero attached hydrogens (tertiary/aromatic N) is 2. The first-order valence-corrected chi connectivity index (χ1v) is 8.18. The summed E-state index contributed by atoms with van der Waals surface area (Å²) in [6.07, 6.45) is 7.37. The van der Waals surface area contributed by atoms with Crippen LogP contribution in [0.5, 0.6) is 0 Å². The van der Waals surface area contributed by atoms with Crippen LogP contribution in [0.4, 0.5) is 0 Å². The molecule has 0 aliphatic carbocycles. The van der Waals surface area contributed by atoms with E-state index in [0.717, 1.165) is 39.1 Å². The second-order valence-corrected chi connectivity index (χ2v) is 6.58. The summed E-state index contributed by atoms with van der Waals surface area (Å²) in [6, 6.07) is 0. The molecule has 120 valence electrons. The zero-order valence-corrected chi connectivity index (χ0v) is 14.5. The Labute approximate surface area is 130 Å². The summed E-state index contributed by atoms with van der Waals surface area (Å²) >= 11 is 0. The molecule has 3 heteroatoms. The van der Waals surface area contributed by atoms with Gasteiger partial charge in [-0.2, -0.15) is 0 Å². The minimum absolute atomic E-state index is 0.179. The van der Waals surface area contributed by atoms with Crippen molar-refractivity contribution in [3.05, 3.63) is 23.8 Å². The molecule has 0 bridgehead atoms. The van der Waals surface area contributed by atoms with Crippen molar-refractivity contribution in [3.8, 4) is 0 Å². The molecule has 1 aliphatic heterocycles.